The summed E-state index contributed by atoms with van der Waals surface area (Å²) in [6.45, 7) is 6.02. The molecule has 0 aliphatic carbocycles. The van der Waals surface area contributed by atoms with E-state index in [1.807, 2.05) is 30.5 Å². The molecule has 3 aromatic rings. The number of morpholine rings is 1. The Labute approximate surface area is 182 Å². The lowest BCUT2D eigenvalue weighted by Crippen LogP contribution is -2.30. The van der Waals surface area contributed by atoms with Crippen LogP contribution in [0.15, 0.2) is 61.1 Å². The Hall–Kier alpha value is -1.98. The maximum absolute atomic E-state index is 6.35. The molecule has 1 aromatic carbocycles. The summed E-state index contributed by atoms with van der Waals surface area (Å²) in [4.78, 5) is 8.74. The molecule has 1 aliphatic heterocycles. The zero-order valence-corrected chi connectivity index (χ0v) is 18.0. The van der Waals surface area contributed by atoms with E-state index in [4.69, 9.17) is 27.9 Å². The van der Waals surface area contributed by atoms with E-state index in [2.05, 4.69) is 34.3 Å². The molecule has 3 heterocycles. The molecule has 1 saturated heterocycles. The molecule has 1 unspecified atom stereocenters. The third-order valence-corrected chi connectivity index (χ3v) is 5.27. The van der Waals surface area contributed by atoms with E-state index < -0.39 is 0 Å². The van der Waals surface area contributed by atoms with Gasteiger partial charge in [0.2, 0.25) is 0 Å². The van der Waals surface area contributed by atoms with Crippen LogP contribution in [0.4, 0.5) is 0 Å². The minimum atomic E-state index is 0.338. The van der Waals surface area contributed by atoms with Crippen molar-refractivity contribution < 1.29 is 4.74 Å². The smallest absolute Gasteiger partial charge is 0.0749 e. The number of ether oxygens (including phenoxy) is 1. The van der Waals surface area contributed by atoms with Gasteiger partial charge in [-0.1, -0.05) is 42.3 Å². The van der Waals surface area contributed by atoms with E-state index in [0.717, 1.165) is 49.5 Å². The molecule has 0 bridgehead atoms. The Morgan fingerprint density at radius 1 is 1.07 bits per heavy atom. The molecule has 1 aliphatic rings. The van der Waals surface area contributed by atoms with Gasteiger partial charge in [-0.15, -0.1) is 0 Å². The van der Waals surface area contributed by atoms with Crippen LogP contribution in [0, 0.1) is 0 Å². The first-order valence-electron chi connectivity index (χ1n) is 9.73. The number of rotatable bonds is 4. The highest BCUT2D eigenvalue weighted by atomic mass is 35.5. The van der Waals surface area contributed by atoms with Crippen molar-refractivity contribution in [2.24, 2.45) is 0 Å². The minimum Gasteiger partial charge on any atom is -0.379 e. The first kappa shape index (κ1) is 21.7. The summed E-state index contributed by atoms with van der Waals surface area (Å²) in [7, 11) is 0. The SMILES string of the molecule is C1COCCN1.CC(Cc1cccnc1-c1cc(Cl)ccc1Cl)c1cccnc1. The zero-order valence-electron chi connectivity index (χ0n) is 16.4. The Kier molecular flexibility index (Phi) is 8.44. The Balaban J connectivity index is 0.000000343. The highest BCUT2D eigenvalue weighted by Gasteiger charge is 2.14. The van der Waals surface area contributed by atoms with E-state index >= 15 is 0 Å². The highest BCUT2D eigenvalue weighted by Crippen LogP contribution is 2.33. The van der Waals surface area contributed by atoms with Gasteiger partial charge in [-0.25, -0.2) is 0 Å². The van der Waals surface area contributed by atoms with E-state index in [9.17, 15) is 0 Å². The van der Waals surface area contributed by atoms with Crippen LogP contribution < -0.4 is 5.32 Å². The number of hydrogen-bond acceptors (Lipinski definition) is 4. The van der Waals surface area contributed by atoms with Gasteiger partial charge in [0.05, 0.1) is 23.9 Å². The molecule has 0 spiro atoms. The van der Waals surface area contributed by atoms with E-state index in [1.165, 1.54) is 5.56 Å². The number of aromatic nitrogens is 2. The summed E-state index contributed by atoms with van der Waals surface area (Å²) in [6, 6.07) is 13.6. The summed E-state index contributed by atoms with van der Waals surface area (Å²) in [5, 5.41) is 4.47. The molecule has 0 amide bonds. The maximum atomic E-state index is 6.35. The molecular weight excluding hydrogens is 405 g/mol. The van der Waals surface area contributed by atoms with Gasteiger partial charge >= 0.3 is 0 Å². The molecule has 6 heteroatoms. The van der Waals surface area contributed by atoms with Crippen LogP contribution in [0.25, 0.3) is 11.3 Å². The maximum Gasteiger partial charge on any atom is 0.0749 e. The van der Waals surface area contributed by atoms with E-state index in [1.54, 1.807) is 18.5 Å². The fourth-order valence-corrected chi connectivity index (χ4v) is 3.53. The number of pyridine rings is 2. The van der Waals surface area contributed by atoms with Crippen molar-refractivity contribution >= 4 is 23.2 Å². The van der Waals surface area contributed by atoms with Crippen molar-refractivity contribution in [1.29, 1.82) is 0 Å². The van der Waals surface area contributed by atoms with Crippen molar-refractivity contribution in [2.45, 2.75) is 19.3 Å². The van der Waals surface area contributed by atoms with Gasteiger partial charge in [0.15, 0.2) is 0 Å². The van der Waals surface area contributed by atoms with Crippen LogP contribution in [-0.2, 0) is 11.2 Å². The van der Waals surface area contributed by atoms with Crippen LogP contribution in [0.2, 0.25) is 10.0 Å². The lowest BCUT2D eigenvalue weighted by molar-refractivity contribution is 0.109. The lowest BCUT2D eigenvalue weighted by atomic mass is 9.92. The second-order valence-corrected chi connectivity index (χ2v) is 7.73. The topological polar surface area (TPSA) is 47.0 Å². The second kappa shape index (κ2) is 11.3. The van der Waals surface area contributed by atoms with Crippen LogP contribution >= 0.6 is 23.2 Å². The van der Waals surface area contributed by atoms with Crippen molar-refractivity contribution in [2.75, 3.05) is 26.3 Å². The number of hydrogen-bond donors (Lipinski definition) is 1. The molecule has 0 saturated carbocycles. The van der Waals surface area contributed by atoms with Crippen LogP contribution in [-0.4, -0.2) is 36.3 Å². The van der Waals surface area contributed by atoms with Crippen molar-refractivity contribution in [3.05, 3.63) is 82.2 Å². The first-order chi connectivity index (χ1) is 14.1. The predicted octanol–water partition coefficient (Wildman–Crippen LogP) is 5.40. The number of halogens is 2. The minimum absolute atomic E-state index is 0.338. The summed E-state index contributed by atoms with van der Waals surface area (Å²) in [5.74, 6) is 0.338. The monoisotopic (exact) mass is 429 g/mol. The van der Waals surface area contributed by atoms with E-state index in [0.29, 0.717) is 16.0 Å². The van der Waals surface area contributed by atoms with Crippen molar-refractivity contribution in [1.82, 2.24) is 15.3 Å². The Morgan fingerprint density at radius 3 is 2.52 bits per heavy atom. The molecule has 0 radical (unpaired) electrons. The molecule has 152 valence electrons. The van der Waals surface area contributed by atoms with Crippen molar-refractivity contribution in [3.63, 3.8) is 0 Å². The number of benzene rings is 1. The largest absolute Gasteiger partial charge is 0.379 e. The number of nitrogens with zero attached hydrogens (tertiary/aromatic N) is 2. The molecule has 4 nitrogen and oxygen atoms in total. The van der Waals surface area contributed by atoms with Gasteiger partial charge < -0.3 is 10.1 Å². The normalized spacial score (nSPS) is 14.6. The Bertz CT molecular complexity index is 890. The molecular formula is C23H25Cl2N3O. The van der Waals surface area contributed by atoms with Crippen LogP contribution in [0.1, 0.15) is 24.0 Å². The summed E-state index contributed by atoms with van der Waals surface area (Å²) in [5.41, 5.74) is 4.11. The third kappa shape index (κ3) is 6.51. The van der Waals surface area contributed by atoms with E-state index in [-0.39, 0.29) is 0 Å². The summed E-state index contributed by atoms with van der Waals surface area (Å²) in [6.07, 6.45) is 6.34. The fraction of sp³-hybridized carbons (Fsp3) is 0.304. The number of nitrogens with one attached hydrogen (secondary N) is 1. The lowest BCUT2D eigenvalue weighted by Gasteiger charge is -2.15. The van der Waals surface area contributed by atoms with Gasteiger partial charge in [0.1, 0.15) is 0 Å². The Morgan fingerprint density at radius 2 is 1.86 bits per heavy atom. The average molecular weight is 430 g/mol. The highest BCUT2D eigenvalue weighted by molar-refractivity contribution is 6.35. The summed E-state index contributed by atoms with van der Waals surface area (Å²) < 4.78 is 5.01. The third-order valence-electron chi connectivity index (χ3n) is 4.70. The standard InChI is InChI=1S/C19H16Cl2N2.C4H9NO/c1-13(15-5-2-8-22-12-15)10-14-4-3-9-23-19(14)17-11-16(20)6-7-18(17)21;1-3-6-4-2-5-1/h2-9,11-13H,10H2,1H3;5H,1-4H2. The first-order valence-corrected chi connectivity index (χ1v) is 10.5. The van der Waals surface area contributed by atoms with Crippen LogP contribution in [0.5, 0.6) is 0 Å². The molecule has 29 heavy (non-hydrogen) atoms. The fourth-order valence-electron chi connectivity index (χ4n) is 3.16. The molecule has 1 fully saturated rings. The zero-order chi connectivity index (χ0) is 20.5. The van der Waals surface area contributed by atoms with Gasteiger partial charge in [-0.05, 0) is 53.8 Å². The molecule has 4 rings (SSSR count). The predicted molar refractivity (Wildman–Crippen MR) is 120 cm³/mol. The molecule has 1 atom stereocenters. The molecule has 1 N–H and O–H groups in total. The summed E-state index contributed by atoms with van der Waals surface area (Å²) >= 11 is 12.5. The average Bonchev–Trinajstić information content (AvgIpc) is 2.78. The second-order valence-electron chi connectivity index (χ2n) is 6.89. The van der Waals surface area contributed by atoms with Gasteiger partial charge in [0.25, 0.3) is 0 Å². The molecule has 2 aromatic heterocycles. The van der Waals surface area contributed by atoms with Gasteiger partial charge in [0, 0.05) is 42.3 Å². The quantitative estimate of drug-likeness (QED) is 0.602. The van der Waals surface area contributed by atoms with Crippen LogP contribution in [0.3, 0.4) is 0 Å². The van der Waals surface area contributed by atoms with Gasteiger partial charge in [-0.3, -0.25) is 9.97 Å². The van der Waals surface area contributed by atoms with Crippen molar-refractivity contribution in [3.8, 4) is 11.3 Å². The van der Waals surface area contributed by atoms with Gasteiger partial charge in [-0.2, -0.15) is 0 Å².